The summed E-state index contributed by atoms with van der Waals surface area (Å²) in [6.45, 7) is 3.31. The van der Waals surface area contributed by atoms with Crippen LogP contribution in [0.3, 0.4) is 0 Å². The number of aryl methyl sites for hydroxylation is 1. The van der Waals surface area contributed by atoms with Crippen molar-refractivity contribution in [3.63, 3.8) is 0 Å². The molecule has 3 rings (SSSR count). The molecule has 1 amide bonds. The van der Waals surface area contributed by atoms with Crippen molar-refractivity contribution in [2.75, 3.05) is 13.1 Å². The zero-order valence-corrected chi connectivity index (χ0v) is 12.1. The smallest absolute Gasteiger partial charge is 0.254 e. The lowest BCUT2D eigenvalue weighted by molar-refractivity contribution is 0.0771. The summed E-state index contributed by atoms with van der Waals surface area (Å²) in [5.74, 6) is 0.731. The molecule has 104 valence electrons. The molecule has 0 aromatic carbocycles. The third kappa shape index (κ3) is 2.82. The highest BCUT2D eigenvalue weighted by molar-refractivity contribution is 7.08. The van der Waals surface area contributed by atoms with Gasteiger partial charge in [0.05, 0.1) is 12.1 Å². The Labute approximate surface area is 122 Å². The maximum atomic E-state index is 12.2. The largest absolute Gasteiger partial charge is 0.472 e. The number of aromatic nitrogens is 1. The van der Waals surface area contributed by atoms with Crippen molar-refractivity contribution >= 4 is 17.2 Å². The number of carbonyl (C=O) groups excluding carboxylic acids is 1. The summed E-state index contributed by atoms with van der Waals surface area (Å²) in [6.07, 6.45) is 0.887. The molecule has 0 aliphatic carbocycles. The summed E-state index contributed by atoms with van der Waals surface area (Å²) in [4.78, 5) is 18.4. The Morgan fingerprint density at radius 3 is 3.10 bits per heavy atom. The molecule has 0 bridgehead atoms. The predicted octanol–water partition coefficient (Wildman–Crippen LogP) is 2.75. The SMILES string of the molecule is Cc1cccc(OC2CCN(C(=O)c3ccsc3)C2)n1. The van der Waals surface area contributed by atoms with Gasteiger partial charge in [0.2, 0.25) is 5.88 Å². The fraction of sp³-hybridized carbons (Fsp3) is 0.333. The molecule has 0 N–H and O–H groups in total. The summed E-state index contributed by atoms with van der Waals surface area (Å²) in [6, 6.07) is 7.59. The maximum absolute atomic E-state index is 12.2. The molecular formula is C15H16N2O2S. The van der Waals surface area contributed by atoms with Crippen LogP contribution in [0.15, 0.2) is 35.0 Å². The number of likely N-dealkylation sites (tertiary alicyclic amines) is 1. The Balaban J connectivity index is 1.61. The van der Waals surface area contributed by atoms with Crippen molar-refractivity contribution in [3.8, 4) is 5.88 Å². The maximum Gasteiger partial charge on any atom is 0.254 e. The minimum Gasteiger partial charge on any atom is -0.472 e. The first-order valence-electron chi connectivity index (χ1n) is 6.64. The molecule has 1 saturated heterocycles. The van der Waals surface area contributed by atoms with Gasteiger partial charge in [-0.2, -0.15) is 11.3 Å². The van der Waals surface area contributed by atoms with Crippen LogP contribution in [0.1, 0.15) is 22.5 Å². The van der Waals surface area contributed by atoms with Gasteiger partial charge in [-0.15, -0.1) is 0 Å². The number of pyridine rings is 1. The third-order valence-electron chi connectivity index (χ3n) is 3.35. The molecule has 0 saturated carbocycles. The fourth-order valence-electron chi connectivity index (χ4n) is 2.33. The highest BCUT2D eigenvalue weighted by Gasteiger charge is 2.28. The highest BCUT2D eigenvalue weighted by atomic mass is 32.1. The van der Waals surface area contributed by atoms with Crippen LogP contribution in [0.4, 0.5) is 0 Å². The van der Waals surface area contributed by atoms with Gasteiger partial charge in [0.25, 0.3) is 5.91 Å². The van der Waals surface area contributed by atoms with Gasteiger partial charge >= 0.3 is 0 Å². The molecule has 1 fully saturated rings. The Morgan fingerprint density at radius 1 is 1.45 bits per heavy atom. The number of nitrogens with zero attached hydrogens (tertiary/aromatic N) is 2. The topological polar surface area (TPSA) is 42.4 Å². The van der Waals surface area contributed by atoms with Gasteiger partial charge in [0, 0.05) is 30.1 Å². The number of amides is 1. The molecule has 1 atom stereocenters. The lowest BCUT2D eigenvalue weighted by Gasteiger charge is -2.16. The zero-order valence-electron chi connectivity index (χ0n) is 11.3. The molecule has 2 aromatic heterocycles. The van der Waals surface area contributed by atoms with Crippen molar-refractivity contribution in [2.45, 2.75) is 19.4 Å². The summed E-state index contributed by atoms with van der Waals surface area (Å²) < 4.78 is 5.85. The zero-order chi connectivity index (χ0) is 13.9. The average Bonchev–Trinajstić information content (AvgIpc) is 3.09. The molecule has 1 unspecified atom stereocenters. The minimum atomic E-state index is 0.0342. The molecule has 5 heteroatoms. The molecule has 1 aliphatic heterocycles. The van der Waals surface area contributed by atoms with E-state index in [9.17, 15) is 4.79 Å². The number of hydrogen-bond donors (Lipinski definition) is 0. The van der Waals surface area contributed by atoms with E-state index in [-0.39, 0.29) is 12.0 Å². The van der Waals surface area contributed by atoms with Gasteiger partial charge in [-0.3, -0.25) is 4.79 Å². The monoisotopic (exact) mass is 288 g/mol. The van der Waals surface area contributed by atoms with E-state index in [4.69, 9.17) is 4.74 Å². The van der Waals surface area contributed by atoms with Gasteiger partial charge in [-0.05, 0) is 24.4 Å². The molecule has 20 heavy (non-hydrogen) atoms. The summed E-state index contributed by atoms with van der Waals surface area (Å²) >= 11 is 1.54. The molecular weight excluding hydrogens is 272 g/mol. The second-order valence-electron chi connectivity index (χ2n) is 4.91. The van der Waals surface area contributed by atoms with Crippen LogP contribution in [-0.4, -0.2) is 35.0 Å². The van der Waals surface area contributed by atoms with Gasteiger partial charge in [-0.25, -0.2) is 4.98 Å². The first-order chi connectivity index (χ1) is 9.72. The number of rotatable bonds is 3. The minimum absolute atomic E-state index is 0.0342. The van der Waals surface area contributed by atoms with Crippen LogP contribution in [0.25, 0.3) is 0 Å². The van der Waals surface area contributed by atoms with Crippen molar-refractivity contribution in [1.82, 2.24) is 9.88 Å². The molecule has 0 spiro atoms. The Hall–Kier alpha value is -1.88. The highest BCUT2D eigenvalue weighted by Crippen LogP contribution is 2.19. The lowest BCUT2D eigenvalue weighted by Crippen LogP contribution is -2.30. The fourth-order valence-corrected chi connectivity index (χ4v) is 2.96. The number of carbonyl (C=O) groups is 1. The summed E-state index contributed by atoms with van der Waals surface area (Å²) in [5, 5.41) is 3.81. The Kier molecular flexibility index (Phi) is 3.69. The predicted molar refractivity (Wildman–Crippen MR) is 78.2 cm³/mol. The van der Waals surface area contributed by atoms with Crippen molar-refractivity contribution in [1.29, 1.82) is 0 Å². The first kappa shape index (κ1) is 13.1. The van der Waals surface area contributed by atoms with E-state index < -0.39 is 0 Å². The molecule has 2 aromatic rings. The van der Waals surface area contributed by atoms with E-state index in [2.05, 4.69) is 4.98 Å². The van der Waals surface area contributed by atoms with Crippen molar-refractivity contribution in [2.24, 2.45) is 0 Å². The summed E-state index contributed by atoms with van der Waals surface area (Å²) in [7, 11) is 0. The Morgan fingerprint density at radius 2 is 2.35 bits per heavy atom. The second kappa shape index (κ2) is 5.63. The standard InChI is InChI=1S/C15H16N2O2S/c1-11-3-2-4-14(16-11)19-13-5-7-17(9-13)15(18)12-6-8-20-10-12/h2-4,6,8,10,13H,5,7,9H2,1H3. The van der Waals surface area contributed by atoms with Crippen LogP contribution in [-0.2, 0) is 0 Å². The number of hydrogen-bond acceptors (Lipinski definition) is 4. The number of thiophene rings is 1. The normalized spacial score (nSPS) is 18.2. The lowest BCUT2D eigenvalue weighted by atomic mass is 10.3. The van der Waals surface area contributed by atoms with Gasteiger partial charge < -0.3 is 9.64 Å². The second-order valence-corrected chi connectivity index (χ2v) is 5.69. The van der Waals surface area contributed by atoms with Crippen LogP contribution in [0.5, 0.6) is 5.88 Å². The quantitative estimate of drug-likeness (QED) is 0.872. The van der Waals surface area contributed by atoms with Crippen molar-refractivity contribution < 1.29 is 9.53 Å². The Bertz CT molecular complexity index is 598. The van der Waals surface area contributed by atoms with Crippen molar-refractivity contribution in [3.05, 3.63) is 46.3 Å². The molecule has 0 radical (unpaired) electrons. The van der Waals surface area contributed by atoms with E-state index in [1.165, 1.54) is 0 Å². The van der Waals surface area contributed by atoms with Crippen LogP contribution < -0.4 is 4.74 Å². The van der Waals surface area contributed by atoms with Crippen LogP contribution in [0, 0.1) is 6.92 Å². The van der Waals surface area contributed by atoms with Gasteiger partial charge in [0.1, 0.15) is 6.10 Å². The van der Waals surface area contributed by atoms with E-state index >= 15 is 0 Å². The van der Waals surface area contributed by atoms with E-state index in [0.717, 1.165) is 24.2 Å². The summed E-state index contributed by atoms with van der Waals surface area (Å²) in [5.41, 5.74) is 1.70. The van der Waals surface area contributed by atoms with Crippen LogP contribution >= 0.6 is 11.3 Å². The molecule has 3 heterocycles. The third-order valence-corrected chi connectivity index (χ3v) is 4.03. The van der Waals surface area contributed by atoms with E-state index in [0.29, 0.717) is 12.4 Å². The van der Waals surface area contributed by atoms with Crippen LogP contribution in [0.2, 0.25) is 0 Å². The number of ether oxygens (including phenoxy) is 1. The van der Waals surface area contributed by atoms with Gasteiger partial charge in [-0.1, -0.05) is 6.07 Å². The van der Waals surface area contributed by atoms with E-state index in [1.807, 2.05) is 46.8 Å². The average molecular weight is 288 g/mol. The molecule has 4 nitrogen and oxygen atoms in total. The van der Waals surface area contributed by atoms with Gasteiger partial charge in [0.15, 0.2) is 0 Å². The molecule has 1 aliphatic rings. The first-order valence-corrected chi connectivity index (χ1v) is 7.58. The van der Waals surface area contributed by atoms with E-state index in [1.54, 1.807) is 11.3 Å².